The number of hydrogen-bond donors (Lipinski definition) is 0. The second-order valence-electron chi connectivity index (χ2n) is 4.57. The van der Waals surface area contributed by atoms with E-state index in [-0.39, 0.29) is 16.1 Å². The van der Waals surface area contributed by atoms with Crippen molar-refractivity contribution in [2.24, 2.45) is 0 Å². The molecule has 3 rings (SSSR count). The Morgan fingerprint density at radius 2 is 1.86 bits per heavy atom. The lowest BCUT2D eigenvalue weighted by molar-refractivity contribution is -0.384. The van der Waals surface area contributed by atoms with Crippen molar-refractivity contribution in [2.45, 2.75) is 4.90 Å². The molecule has 0 saturated heterocycles. The van der Waals surface area contributed by atoms with Gasteiger partial charge in [0.25, 0.3) is 15.7 Å². The molecule has 3 aromatic rings. The zero-order valence-electron chi connectivity index (χ0n) is 11.0. The Hall–Kier alpha value is -2.74. The SMILES string of the molecule is O=[N+]([O-])c1ccc2c(ccn2S(=O)(=O)c2cccc(F)c2)c1. The predicted molar refractivity (Wildman–Crippen MR) is 77.6 cm³/mol. The van der Waals surface area contributed by atoms with Crippen LogP contribution >= 0.6 is 0 Å². The van der Waals surface area contributed by atoms with E-state index in [1.807, 2.05) is 0 Å². The van der Waals surface area contributed by atoms with Gasteiger partial charge in [-0.3, -0.25) is 10.1 Å². The lowest BCUT2D eigenvalue weighted by Gasteiger charge is -2.07. The van der Waals surface area contributed by atoms with Gasteiger partial charge in [0, 0.05) is 23.7 Å². The van der Waals surface area contributed by atoms with Crippen LogP contribution in [0.5, 0.6) is 0 Å². The molecule has 1 heterocycles. The number of aromatic nitrogens is 1. The van der Waals surface area contributed by atoms with Crippen LogP contribution in [0.2, 0.25) is 0 Å². The van der Waals surface area contributed by atoms with E-state index < -0.39 is 20.8 Å². The minimum absolute atomic E-state index is 0.131. The zero-order valence-corrected chi connectivity index (χ0v) is 11.8. The van der Waals surface area contributed by atoms with Crippen LogP contribution in [0.15, 0.2) is 59.6 Å². The summed E-state index contributed by atoms with van der Waals surface area (Å²) >= 11 is 0. The second-order valence-corrected chi connectivity index (χ2v) is 6.39. The molecule has 0 atom stereocenters. The van der Waals surface area contributed by atoms with Crippen LogP contribution in [0.3, 0.4) is 0 Å². The highest BCUT2D eigenvalue weighted by molar-refractivity contribution is 7.90. The summed E-state index contributed by atoms with van der Waals surface area (Å²) in [5, 5.41) is 11.2. The zero-order chi connectivity index (χ0) is 15.9. The van der Waals surface area contributed by atoms with Gasteiger partial charge in [0.2, 0.25) is 0 Å². The molecular formula is C14H9FN2O4S. The van der Waals surface area contributed by atoms with Crippen LogP contribution in [-0.4, -0.2) is 17.3 Å². The van der Waals surface area contributed by atoms with Crippen LogP contribution < -0.4 is 0 Å². The number of hydrogen-bond acceptors (Lipinski definition) is 4. The lowest BCUT2D eigenvalue weighted by atomic mass is 10.2. The first-order chi connectivity index (χ1) is 10.4. The molecule has 0 fully saturated rings. The Kier molecular flexibility index (Phi) is 3.18. The fourth-order valence-electron chi connectivity index (χ4n) is 2.17. The van der Waals surface area contributed by atoms with E-state index in [4.69, 9.17) is 0 Å². The smallest absolute Gasteiger partial charge is 0.258 e. The summed E-state index contributed by atoms with van der Waals surface area (Å²) in [6.07, 6.45) is 1.29. The molecule has 0 radical (unpaired) electrons. The number of non-ortho nitro benzene ring substituents is 1. The van der Waals surface area contributed by atoms with Gasteiger partial charge in [-0.15, -0.1) is 0 Å². The van der Waals surface area contributed by atoms with Crippen molar-refractivity contribution in [3.8, 4) is 0 Å². The van der Waals surface area contributed by atoms with Gasteiger partial charge in [-0.05, 0) is 30.3 Å². The van der Waals surface area contributed by atoms with Crippen molar-refractivity contribution in [2.75, 3.05) is 0 Å². The number of fused-ring (bicyclic) bond motifs is 1. The Labute approximate surface area is 124 Å². The van der Waals surface area contributed by atoms with Crippen molar-refractivity contribution in [1.29, 1.82) is 0 Å². The molecule has 2 aromatic carbocycles. The van der Waals surface area contributed by atoms with Crippen LogP contribution in [0.25, 0.3) is 10.9 Å². The molecule has 8 heteroatoms. The maximum Gasteiger partial charge on any atom is 0.270 e. The molecule has 0 bridgehead atoms. The monoisotopic (exact) mass is 320 g/mol. The molecule has 0 saturated carbocycles. The van der Waals surface area contributed by atoms with Crippen molar-refractivity contribution < 1.29 is 17.7 Å². The Bertz CT molecular complexity index is 995. The predicted octanol–water partition coefficient (Wildman–Crippen LogP) is 2.93. The summed E-state index contributed by atoms with van der Waals surface area (Å²) in [5.41, 5.74) is 0.156. The van der Waals surface area contributed by atoms with Crippen LogP contribution in [-0.2, 0) is 10.0 Å². The quantitative estimate of drug-likeness (QED) is 0.549. The van der Waals surface area contributed by atoms with Crippen molar-refractivity contribution in [1.82, 2.24) is 3.97 Å². The van der Waals surface area contributed by atoms with Gasteiger partial charge >= 0.3 is 0 Å². The molecule has 112 valence electrons. The molecule has 0 amide bonds. The molecule has 0 unspecified atom stereocenters. The summed E-state index contributed by atoms with van der Waals surface area (Å²) in [6.45, 7) is 0. The topological polar surface area (TPSA) is 82.2 Å². The highest BCUT2D eigenvalue weighted by atomic mass is 32.2. The molecule has 0 N–H and O–H groups in total. The van der Waals surface area contributed by atoms with E-state index in [9.17, 15) is 22.9 Å². The summed E-state index contributed by atoms with van der Waals surface area (Å²) in [5.74, 6) is -0.659. The van der Waals surface area contributed by atoms with Gasteiger partial charge in [0.1, 0.15) is 5.82 Å². The fourth-order valence-corrected chi connectivity index (χ4v) is 3.55. The maximum absolute atomic E-state index is 13.2. The Morgan fingerprint density at radius 3 is 2.55 bits per heavy atom. The molecule has 0 aliphatic heterocycles. The van der Waals surface area contributed by atoms with Crippen LogP contribution in [0.4, 0.5) is 10.1 Å². The van der Waals surface area contributed by atoms with Gasteiger partial charge in [-0.2, -0.15) is 0 Å². The first-order valence-corrected chi connectivity index (χ1v) is 7.60. The molecule has 0 aliphatic rings. The van der Waals surface area contributed by atoms with E-state index in [1.165, 1.54) is 42.6 Å². The van der Waals surface area contributed by atoms with Gasteiger partial charge in [-0.25, -0.2) is 16.8 Å². The van der Waals surface area contributed by atoms with Gasteiger partial charge in [0.05, 0.1) is 15.3 Å². The van der Waals surface area contributed by atoms with Gasteiger partial charge < -0.3 is 0 Å². The fraction of sp³-hybridized carbons (Fsp3) is 0. The Balaban J connectivity index is 2.20. The molecule has 1 aromatic heterocycles. The Morgan fingerprint density at radius 1 is 1.09 bits per heavy atom. The average Bonchev–Trinajstić information content (AvgIpc) is 2.90. The molecular weight excluding hydrogens is 311 g/mol. The van der Waals surface area contributed by atoms with E-state index in [2.05, 4.69) is 0 Å². The number of nitrogens with zero attached hydrogens (tertiary/aromatic N) is 2. The highest BCUT2D eigenvalue weighted by Gasteiger charge is 2.20. The van der Waals surface area contributed by atoms with Crippen LogP contribution in [0.1, 0.15) is 0 Å². The average molecular weight is 320 g/mol. The third kappa shape index (κ3) is 2.23. The van der Waals surface area contributed by atoms with E-state index in [1.54, 1.807) is 0 Å². The summed E-state index contributed by atoms with van der Waals surface area (Å²) < 4.78 is 39.3. The molecule has 22 heavy (non-hydrogen) atoms. The number of nitro groups is 1. The van der Waals surface area contributed by atoms with Crippen molar-refractivity contribution in [3.63, 3.8) is 0 Å². The van der Waals surface area contributed by atoms with E-state index >= 15 is 0 Å². The number of halogens is 1. The normalized spacial score (nSPS) is 11.7. The van der Waals surface area contributed by atoms with Crippen LogP contribution in [0, 0.1) is 15.9 Å². The van der Waals surface area contributed by atoms with Gasteiger partial charge in [0.15, 0.2) is 0 Å². The third-order valence-electron chi connectivity index (χ3n) is 3.20. The van der Waals surface area contributed by atoms with Crippen molar-refractivity contribution >= 4 is 26.6 Å². The van der Waals surface area contributed by atoms with Gasteiger partial charge in [-0.1, -0.05) is 6.07 Å². The minimum Gasteiger partial charge on any atom is -0.258 e. The molecule has 0 aliphatic carbocycles. The van der Waals surface area contributed by atoms with Crippen molar-refractivity contribution in [3.05, 3.63) is 70.7 Å². The first-order valence-electron chi connectivity index (χ1n) is 6.16. The molecule has 0 spiro atoms. The number of rotatable bonds is 3. The number of benzene rings is 2. The van der Waals surface area contributed by atoms with E-state index in [0.717, 1.165) is 16.1 Å². The lowest BCUT2D eigenvalue weighted by Crippen LogP contribution is -2.11. The first kappa shape index (κ1) is 14.2. The summed E-state index contributed by atoms with van der Waals surface area (Å²) in [6, 6.07) is 9.98. The standard InChI is InChI=1S/C14H9FN2O4S/c15-11-2-1-3-13(9-11)22(20,21)16-7-6-10-8-12(17(18)19)4-5-14(10)16/h1-9H. The minimum atomic E-state index is -3.97. The largest absolute Gasteiger partial charge is 0.270 e. The second kappa shape index (κ2) is 4.92. The summed E-state index contributed by atoms with van der Waals surface area (Å²) in [7, 11) is -3.97. The van der Waals surface area contributed by atoms with E-state index in [0.29, 0.717) is 5.39 Å². The third-order valence-corrected chi connectivity index (χ3v) is 4.89. The highest BCUT2D eigenvalue weighted by Crippen LogP contribution is 2.25. The number of nitro benzene ring substituents is 1. The molecule has 6 nitrogen and oxygen atoms in total. The summed E-state index contributed by atoms with van der Waals surface area (Å²) in [4.78, 5) is 10.00. The maximum atomic E-state index is 13.2.